The number of hydrogen-bond acceptors (Lipinski definition) is 2. The van der Waals surface area contributed by atoms with Crippen molar-refractivity contribution in [1.82, 2.24) is 9.78 Å². The third-order valence-electron chi connectivity index (χ3n) is 2.21. The van der Waals surface area contributed by atoms with Crippen LogP contribution in [0.4, 0.5) is 8.78 Å². The van der Waals surface area contributed by atoms with Crippen LogP contribution >= 0.6 is 11.6 Å². The summed E-state index contributed by atoms with van der Waals surface area (Å²) < 4.78 is 26.2. The molecule has 0 aliphatic carbocycles. The van der Waals surface area contributed by atoms with Gasteiger partial charge in [0.05, 0.1) is 6.04 Å². The molecule has 3 nitrogen and oxygen atoms in total. The first-order valence-electron chi connectivity index (χ1n) is 4.49. The first-order chi connectivity index (χ1) is 7.02. The van der Waals surface area contributed by atoms with E-state index in [1.54, 1.807) is 13.0 Å². The summed E-state index contributed by atoms with van der Waals surface area (Å²) in [6.07, 6.45) is -2.07. The lowest BCUT2D eigenvalue weighted by Crippen LogP contribution is -2.06. The standard InChI is InChI=1S/C9H10ClF2N3/c1-3-5(2)15-8(10)6(4-13)7(14-15)9(11)12/h5,9H,3H2,1-2H3. The van der Waals surface area contributed by atoms with Gasteiger partial charge in [-0.2, -0.15) is 10.4 Å². The fourth-order valence-electron chi connectivity index (χ4n) is 1.15. The summed E-state index contributed by atoms with van der Waals surface area (Å²) in [5.74, 6) is 0. The van der Waals surface area contributed by atoms with Crippen LogP contribution in [0.2, 0.25) is 5.15 Å². The van der Waals surface area contributed by atoms with Gasteiger partial charge in [0.15, 0.2) is 0 Å². The number of rotatable bonds is 3. The molecule has 0 radical (unpaired) electrons. The summed E-state index contributed by atoms with van der Waals surface area (Å²) in [4.78, 5) is 0. The van der Waals surface area contributed by atoms with E-state index in [0.717, 1.165) is 0 Å². The van der Waals surface area contributed by atoms with Crippen LogP contribution in [0.15, 0.2) is 0 Å². The Balaban J connectivity index is 3.29. The monoisotopic (exact) mass is 233 g/mol. The highest BCUT2D eigenvalue weighted by Gasteiger charge is 2.24. The Morgan fingerprint density at radius 2 is 2.20 bits per heavy atom. The summed E-state index contributed by atoms with van der Waals surface area (Å²) in [6.45, 7) is 3.69. The van der Waals surface area contributed by atoms with Gasteiger partial charge in [-0.3, -0.25) is 0 Å². The lowest BCUT2D eigenvalue weighted by Gasteiger charge is -2.09. The molecule has 0 aromatic carbocycles. The fraction of sp³-hybridized carbons (Fsp3) is 0.556. The zero-order valence-corrected chi connectivity index (χ0v) is 9.09. The van der Waals surface area contributed by atoms with Gasteiger partial charge >= 0.3 is 0 Å². The molecule has 0 saturated heterocycles. The molecule has 6 heteroatoms. The molecule has 1 atom stereocenters. The fourth-order valence-corrected chi connectivity index (χ4v) is 1.49. The van der Waals surface area contributed by atoms with Gasteiger partial charge < -0.3 is 0 Å². The SMILES string of the molecule is CCC(C)n1nc(C(F)F)c(C#N)c1Cl. The van der Waals surface area contributed by atoms with Gasteiger partial charge in [-0.05, 0) is 13.3 Å². The van der Waals surface area contributed by atoms with E-state index in [-0.39, 0.29) is 16.8 Å². The van der Waals surface area contributed by atoms with Crippen LogP contribution in [0.3, 0.4) is 0 Å². The maximum absolute atomic E-state index is 12.5. The van der Waals surface area contributed by atoms with Crippen LogP contribution in [0, 0.1) is 11.3 Å². The van der Waals surface area contributed by atoms with Crippen LogP contribution in [-0.2, 0) is 0 Å². The molecule has 0 bridgehead atoms. The first kappa shape index (κ1) is 11.9. The maximum atomic E-state index is 12.5. The van der Waals surface area contributed by atoms with E-state index >= 15 is 0 Å². The van der Waals surface area contributed by atoms with E-state index in [2.05, 4.69) is 5.10 Å². The van der Waals surface area contributed by atoms with Gasteiger partial charge in [0.2, 0.25) is 0 Å². The topological polar surface area (TPSA) is 41.6 Å². The van der Waals surface area contributed by atoms with Gasteiger partial charge in [0.1, 0.15) is 22.5 Å². The van der Waals surface area contributed by atoms with Crippen LogP contribution in [0.1, 0.15) is 44.0 Å². The van der Waals surface area contributed by atoms with Crippen molar-refractivity contribution in [3.05, 3.63) is 16.4 Å². The van der Waals surface area contributed by atoms with Crippen LogP contribution < -0.4 is 0 Å². The number of nitriles is 1. The summed E-state index contributed by atoms with van der Waals surface area (Å²) in [5.41, 5.74) is -0.769. The van der Waals surface area contributed by atoms with Crippen LogP contribution in [-0.4, -0.2) is 9.78 Å². The Kier molecular flexibility index (Phi) is 3.64. The van der Waals surface area contributed by atoms with E-state index in [1.807, 2.05) is 6.92 Å². The molecule has 0 spiro atoms. The second-order valence-electron chi connectivity index (χ2n) is 3.17. The van der Waals surface area contributed by atoms with Crippen molar-refractivity contribution in [2.24, 2.45) is 0 Å². The van der Waals surface area contributed by atoms with Crippen molar-refractivity contribution < 1.29 is 8.78 Å². The van der Waals surface area contributed by atoms with E-state index < -0.39 is 12.1 Å². The zero-order valence-electron chi connectivity index (χ0n) is 8.34. The van der Waals surface area contributed by atoms with Gasteiger partial charge in [0.25, 0.3) is 6.43 Å². The molecular formula is C9H10ClF2N3. The minimum Gasteiger partial charge on any atom is -0.249 e. The number of halogens is 3. The molecule has 0 amide bonds. The van der Waals surface area contributed by atoms with Crippen LogP contribution in [0.5, 0.6) is 0 Å². The Morgan fingerprint density at radius 1 is 1.60 bits per heavy atom. The molecule has 82 valence electrons. The van der Waals surface area contributed by atoms with Crippen molar-refractivity contribution >= 4 is 11.6 Å². The number of nitrogens with zero attached hydrogens (tertiary/aromatic N) is 3. The Labute approximate surface area is 91.3 Å². The van der Waals surface area contributed by atoms with Gasteiger partial charge in [-0.15, -0.1) is 0 Å². The number of hydrogen-bond donors (Lipinski definition) is 0. The van der Waals surface area contributed by atoms with Gasteiger partial charge in [0, 0.05) is 0 Å². The summed E-state index contributed by atoms with van der Waals surface area (Å²) in [5, 5.41) is 12.3. The van der Waals surface area contributed by atoms with Crippen molar-refractivity contribution in [2.75, 3.05) is 0 Å². The van der Waals surface area contributed by atoms with Crippen molar-refractivity contribution in [2.45, 2.75) is 32.7 Å². The lowest BCUT2D eigenvalue weighted by atomic mass is 10.2. The molecule has 0 aliphatic heterocycles. The maximum Gasteiger partial charge on any atom is 0.283 e. The van der Waals surface area contributed by atoms with Crippen molar-refractivity contribution in [3.63, 3.8) is 0 Å². The molecular weight excluding hydrogens is 224 g/mol. The zero-order chi connectivity index (χ0) is 11.6. The molecule has 0 aliphatic rings. The summed E-state index contributed by atoms with van der Waals surface area (Å²) in [7, 11) is 0. The van der Waals surface area contributed by atoms with E-state index in [0.29, 0.717) is 6.42 Å². The molecule has 1 rings (SSSR count). The Hall–Kier alpha value is -1.15. The normalized spacial score (nSPS) is 12.9. The van der Waals surface area contributed by atoms with E-state index in [4.69, 9.17) is 16.9 Å². The first-order valence-corrected chi connectivity index (χ1v) is 4.86. The highest BCUT2D eigenvalue weighted by Crippen LogP contribution is 2.29. The molecule has 0 saturated carbocycles. The molecule has 1 unspecified atom stereocenters. The average Bonchev–Trinajstić information content (AvgIpc) is 2.54. The molecule has 1 aromatic rings. The minimum atomic E-state index is -2.78. The molecule has 0 fully saturated rings. The van der Waals surface area contributed by atoms with E-state index in [1.165, 1.54) is 4.68 Å². The van der Waals surface area contributed by atoms with Crippen molar-refractivity contribution in [1.29, 1.82) is 5.26 Å². The van der Waals surface area contributed by atoms with Gasteiger partial charge in [-0.25, -0.2) is 13.5 Å². The van der Waals surface area contributed by atoms with Crippen molar-refractivity contribution in [3.8, 4) is 6.07 Å². The predicted molar refractivity (Wildman–Crippen MR) is 51.9 cm³/mol. The highest BCUT2D eigenvalue weighted by atomic mass is 35.5. The molecule has 1 aromatic heterocycles. The average molecular weight is 234 g/mol. The third kappa shape index (κ3) is 2.10. The predicted octanol–water partition coefficient (Wildman–Crippen LogP) is 3.32. The quantitative estimate of drug-likeness (QED) is 0.804. The highest BCUT2D eigenvalue weighted by molar-refractivity contribution is 6.30. The van der Waals surface area contributed by atoms with E-state index in [9.17, 15) is 8.78 Å². The summed E-state index contributed by atoms with van der Waals surface area (Å²) >= 11 is 5.79. The number of aromatic nitrogens is 2. The molecule has 1 heterocycles. The summed E-state index contributed by atoms with van der Waals surface area (Å²) in [6, 6.07) is 1.55. The minimum absolute atomic E-state index is 0.0119. The smallest absolute Gasteiger partial charge is 0.249 e. The largest absolute Gasteiger partial charge is 0.283 e. The van der Waals surface area contributed by atoms with Crippen LogP contribution in [0.25, 0.3) is 0 Å². The van der Waals surface area contributed by atoms with Gasteiger partial charge in [-0.1, -0.05) is 18.5 Å². The molecule has 15 heavy (non-hydrogen) atoms. The lowest BCUT2D eigenvalue weighted by molar-refractivity contribution is 0.144. The second-order valence-corrected chi connectivity index (χ2v) is 3.52. The number of alkyl halides is 2. The Morgan fingerprint density at radius 3 is 2.53 bits per heavy atom. The Bertz CT molecular complexity index is 395. The third-order valence-corrected chi connectivity index (χ3v) is 2.57. The molecule has 0 N–H and O–H groups in total. The second kappa shape index (κ2) is 4.58.